The van der Waals surface area contributed by atoms with Gasteiger partial charge in [-0.15, -0.1) is 0 Å². The van der Waals surface area contributed by atoms with E-state index in [-0.39, 0.29) is 38.5 Å². The maximum Gasteiger partial charge on any atom is 0.408 e. The molecule has 0 saturated carbocycles. The summed E-state index contributed by atoms with van der Waals surface area (Å²) in [6.45, 7) is 3.92. The third-order valence-electron chi connectivity index (χ3n) is 8.74. The van der Waals surface area contributed by atoms with Crippen molar-refractivity contribution in [3.63, 3.8) is 0 Å². The Morgan fingerprint density at radius 2 is 1.59 bits per heavy atom. The molecule has 0 unspecified atom stereocenters. The minimum atomic E-state index is -1.08. The quantitative estimate of drug-likeness (QED) is 0.300. The smallest absolute Gasteiger partial charge is 0.408 e. The molecule has 2 aliphatic heterocycles. The minimum absolute atomic E-state index is 0.00867. The molecule has 6 atom stereocenters. The number of likely N-dealkylation sites (tertiary alicyclic amines) is 2. The van der Waals surface area contributed by atoms with Crippen molar-refractivity contribution in [2.45, 2.75) is 82.8 Å². The van der Waals surface area contributed by atoms with Gasteiger partial charge in [-0.3, -0.25) is 14.4 Å². The number of benzene rings is 2. The SMILES string of the molecule is CC[C@H](C)[C@H](NC(=O)[C@@H]1CCCN1C(=O)[C@@H]1C[C@@H](O)CN1C(=O)[C@H](Cc1ccccc1)NC(=O)OCc1ccccc1)C(=O)OC. The first kappa shape index (κ1) is 34.4. The normalized spacial score (nSPS) is 21.2. The number of nitrogens with one attached hydrogen (secondary N) is 2. The summed E-state index contributed by atoms with van der Waals surface area (Å²) in [5.41, 5.74) is 1.56. The minimum Gasteiger partial charge on any atom is -0.467 e. The third kappa shape index (κ3) is 8.63. The van der Waals surface area contributed by atoms with Crippen molar-refractivity contribution in [3.05, 3.63) is 71.8 Å². The number of hydrogen-bond donors (Lipinski definition) is 3. The monoisotopic (exact) mass is 636 g/mol. The third-order valence-corrected chi connectivity index (χ3v) is 8.74. The van der Waals surface area contributed by atoms with E-state index in [1.54, 1.807) is 0 Å². The number of ether oxygens (including phenoxy) is 2. The van der Waals surface area contributed by atoms with Gasteiger partial charge >= 0.3 is 12.1 Å². The van der Waals surface area contributed by atoms with Gasteiger partial charge in [0.05, 0.1) is 13.2 Å². The number of hydrogen-bond acceptors (Lipinski definition) is 8. The molecule has 2 saturated heterocycles. The van der Waals surface area contributed by atoms with Crippen LogP contribution in [0.5, 0.6) is 0 Å². The molecule has 4 rings (SSSR count). The molecule has 2 aliphatic rings. The van der Waals surface area contributed by atoms with Gasteiger partial charge < -0.3 is 35.0 Å². The lowest BCUT2D eigenvalue weighted by Gasteiger charge is -2.33. The number of nitrogens with zero attached hydrogens (tertiary/aromatic N) is 2. The zero-order valence-electron chi connectivity index (χ0n) is 26.6. The maximum atomic E-state index is 14.1. The van der Waals surface area contributed by atoms with E-state index < -0.39 is 60.1 Å². The molecule has 0 aliphatic carbocycles. The summed E-state index contributed by atoms with van der Waals surface area (Å²) in [7, 11) is 1.26. The van der Waals surface area contributed by atoms with Crippen LogP contribution in [0, 0.1) is 5.92 Å². The molecule has 0 spiro atoms. The van der Waals surface area contributed by atoms with E-state index in [2.05, 4.69) is 10.6 Å². The fourth-order valence-corrected chi connectivity index (χ4v) is 5.99. The molecule has 0 radical (unpaired) electrons. The van der Waals surface area contributed by atoms with Gasteiger partial charge in [-0.05, 0) is 29.9 Å². The van der Waals surface area contributed by atoms with E-state index in [9.17, 15) is 29.1 Å². The molecule has 12 heteroatoms. The maximum absolute atomic E-state index is 14.1. The van der Waals surface area contributed by atoms with Crippen LogP contribution >= 0.6 is 0 Å². The topological polar surface area (TPSA) is 155 Å². The second kappa shape index (κ2) is 16.2. The average molecular weight is 637 g/mol. The van der Waals surface area contributed by atoms with Crippen LogP contribution in [-0.4, -0.2) is 95.2 Å². The molecule has 2 aromatic rings. The Morgan fingerprint density at radius 3 is 2.22 bits per heavy atom. The number of alkyl carbamates (subject to hydrolysis) is 1. The van der Waals surface area contributed by atoms with E-state index >= 15 is 0 Å². The molecule has 3 N–H and O–H groups in total. The van der Waals surface area contributed by atoms with Gasteiger partial charge in [0.15, 0.2) is 0 Å². The van der Waals surface area contributed by atoms with Crippen molar-refractivity contribution in [2.75, 3.05) is 20.2 Å². The zero-order chi connectivity index (χ0) is 33.2. The first-order valence-corrected chi connectivity index (χ1v) is 15.8. The standard InChI is InChI=1S/C34H44N4O8/c1-4-22(2)29(33(43)45-3)36-30(40)27-16-11-17-37(27)32(42)28-19-25(39)20-38(28)31(41)26(18-23-12-7-5-8-13-23)35-34(44)46-21-24-14-9-6-10-15-24/h5-10,12-15,22,25-29,39H,4,11,16-21H2,1-3H3,(H,35,44)(H,36,40)/t22-,25+,26-,27-,28-,29-/m0/s1. The fourth-order valence-electron chi connectivity index (χ4n) is 5.99. The predicted molar refractivity (Wildman–Crippen MR) is 168 cm³/mol. The number of esters is 1. The molecular formula is C34H44N4O8. The zero-order valence-corrected chi connectivity index (χ0v) is 26.6. The summed E-state index contributed by atoms with van der Waals surface area (Å²) >= 11 is 0. The van der Waals surface area contributed by atoms with Crippen molar-refractivity contribution >= 4 is 29.8 Å². The Labute approximate surface area is 269 Å². The van der Waals surface area contributed by atoms with Crippen molar-refractivity contribution < 1.29 is 38.6 Å². The van der Waals surface area contributed by atoms with Crippen LogP contribution in [0.4, 0.5) is 4.79 Å². The molecule has 46 heavy (non-hydrogen) atoms. The van der Waals surface area contributed by atoms with E-state index in [0.717, 1.165) is 11.1 Å². The fraction of sp³-hybridized carbons (Fsp3) is 0.500. The Bertz CT molecular complexity index is 1360. The lowest BCUT2D eigenvalue weighted by atomic mass is 9.98. The number of methoxy groups -OCH3 is 1. The molecule has 2 fully saturated rings. The Morgan fingerprint density at radius 1 is 0.935 bits per heavy atom. The van der Waals surface area contributed by atoms with Crippen LogP contribution in [-0.2, 0) is 41.7 Å². The van der Waals surface area contributed by atoms with Gasteiger partial charge in [0.1, 0.15) is 30.8 Å². The molecular weight excluding hydrogens is 592 g/mol. The van der Waals surface area contributed by atoms with E-state index in [1.165, 1.54) is 16.9 Å². The lowest BCUT2D eigenvalue weighted by Crippen LogP contribution is -2.57. The number of amides is 4. The van der Waals surface area contributed by atoms with Gasteiger partial charge in [-0.25, -0.2) is 9.59 Å². The summed E-state index contributed by atoms with van der Waals surface area (Å²) in [5, 5.41) is 16.1. The summed E-state index contributed by atoms with van der Waals surface area (Å²) in [5.74, 6) is -2.23. The molecule has 2 heterocycles. The Kier molecular flexibility index (Phi) is 12.1. The lowest BCUT2D eigenvalue weighted by molar-refractivity contribution is -0.149. The van der Waals surface area contributed by atoms with Crippen LogP contribution in [0.15, 0.2) is 60.7 Å². The number of aliphatic hydroxyl groups excluding tert-OH is 1. The molecule has 248 valence electrons. The summed E-state index contributed by atoms with van der Waals surface area (Å²) in [4.78, 5) is 69.4. The summed E-state index contributed by atoms with van der Waals surface area (Å²) in [6.07, 6.45) is -0.0627. The second-order valence-electron chi connectivity index (χ2n) is 11.9. The van der Waals surface area contributed by atoms with Crippen molar-refractivity contribution in [3.8, 4) is 0 Å². The molecule has 0 aromatic heterocycles. The highest BCUT2D eigenvalue weighted by molar-refractivity contribution is 5.95. The first-order chi connectivity index (χ1) is 22.1. The van der Waals surface area contributed by atoms with Crippen LogP contribution in [0.2, 0.25) is 0 Å². The second-order valence-corrected chi connectivity index (χ2v) is 11.9. The van der Waals surface area contributed by atoms with Crippen LogP contribution < -0.4 is 10.6 Å². The van der Waals surface area contributed by atoms with Gasteiger partial charge in [0.2, 0.25) is 17.7 Å². The van der Waals surface area contributed by atoms with Crippen LogP contribution in [0.25, 0.3) is 0 Å². The molecule has 4 amide bonds. The highest BCUT2D eigenvalue weighted by Gasteiger charge is 2.46. The summed E-state index contributed by atoms with van der Waals surface area (Å²) < 4.78 is 10.3. The molecule has 12 nitrogen and oxygen atoms in total. The highest BCUT2D eigenvalue weighted by Crippen LogP contribution is 2.27. The highest BCUT2D eigenvalue weighted by atomic mass is 16.5. The van der Waals surface area contributed by atoms with E-state index in [1.807, 2.05) is 74.5 Å². The van der Waals surface area contributed by atoms with Crippen LogP contribution in [0.1, 0.15) is 50.7 Å². The predicted octanol–water partition coefficient (Wildman–Crippen LogP) is 2.18. The van der Waals surface area contributed by atoms with Gasteiger partial charge in [0, 0.05) is 25.9 Å². The van der Waals surface area contributed by atoms with Crippen LogP contribution in [0.3, 0.4) is 0 Å². The Balaban J connectivity index is 1.50. The summed E-state index contributed by atoms with van der Waals surface area (Å²) in [6, 6.07) is 14.4. The average Bonchev–Trinajstić information content (AvgIpc) is 3.73. The van der Waals surface area contributed by atoms with Crippen molar-refractivity contribution in [1.29, 1.82) is 0 Å². The number of carbonyl (C=O) groups is 5. The van der Waals surface area contributed by atoms with E-state index in [4.69, 9.17) is 9.47 Å². The molecule has 2 aromatic carbocycles. The Hall–Kier alpha value is -4.45. The van der Waals surface area contributed by atoms with Gasteiger partial charge in [-0.1, -0.05) is 80.9 Å². The van der Waals surface area contributed by atoms with Crippen molar-refractivity contribution in [1.82, 2.24) is 20.4 Å². The first-order valence-electron chi connectivity index (χ1n) is 15.8. The molecule has 0 bridgehead atoms. The van der Waals surface area contributed by atoms with Gasteiger partial charge in [-0.2, -0.15) is 0 Å². The largest absolute Gasteiger partial charge is 0.467 e. The van der Waals surface area contributed by atoms with Gasteiger partial charge in [0.25, 0.3) is 0 Å². The number of carbonyl (C=O) groups excluding carboxylic acids is 5. The van der Waals surface area contributed by atoms with Crippen molar-refractivity contribution in [2.24, 2.45) is 5.92 Å². The number of β-amino-alcohol motifs (C(OH)–C–C–N with tert-alkyl or cyclic N) is 1. The number of rotatable bonds is 12. The van der Waals surface area contributed by atoms with E-state index in [0.29, 0.717) is 19.3 Å². The number of aliphatic hydroxyl groups is 1.